The molecule has 1 aliphatic heterocycles. The minimum atomic E-state index is 0.183. The molecule has 2 atom stereocenters. The van der Waals surface area contributed by atoms with E-state index in [1.807, 2.05) is 13.1 Å². The molecule has 2 N–H and O–H groups in total. The second kappa shape index (κ2) is 4.73. The lowest BCUT2D eigenvalue weighted by Crippen LogP contribution is -2.32. The van der Waals surface area contributed by atoms with E-state index in [0.717, 1.165) is 31.7 Å². The van der Waals surface area contributed by atoms with Gasteiger partial charge in [0, 0.05) is 31.0 Å². The second-order valence-electron chi connectivity index (χ2n) is 4.32. The van der Waals surface area contributed by atoms with Crippen LogP contribution < -0.4 is 5.73 Å². The van der Waals surface area contributed by atoms with Gasteiger partial charge in [0.2, 0.25) is 0 Å². The Labute approximate surface area is 90.7 Å². The number of ether oxygens (including phenoxy) is 1. The highest BCUT2D eigenvalue weighted by molar-refractivity contribution is 5.13. The predicted octanol–water partition coefficient (Wildman–Crippen LogP) is 1.30. The average molecular weight is 206 g/mol. The van der Waals surface area contributed by atoms with E-state index in [-0.39, 0.29) is 6.04 Å². The summed E-state index contributed by atoms with van der Waals surface area (Å²) < 4.78 is 5.33. The van der Waals surface area contributed by atoms with Gasteiger partial charge >= 0.3 is 0 Å². The molecule has 0 bridgehead atoms. The zero-order valence-electron chi connectivity index (χ0n) is 9.15. The molecule has 0 spiro atoms. The fraction of sp³-hybridized carbons (Fsp3) is 0.583. The number of nitrogens with two attached hydrogens (primary N) is 1. The van der Waals surface area contributed by atoms with Crippen LogP contribution in [0.2, 0.25) is 0 Å². The van der Waals surface area contributed by atoms with Crippen LogP contribution >= 0.6 is 0 Å². The van der Waals surface area contributed by atoms with Gasteiger partial charge in [-0.25, -0.2) is 0 Å². The van der Waals surface area contributed by atoms with E-state index in [1.54, 1.807) is 0 Å². The SMILES string of the molecule is Cc1ccc(CC(N)C2CCOC2)nc1. The summed E-state index contributed by atoms with van der Waals surface area (Å²) in [5.41, 5.74) is 8.40. The smallest absolute Gasteiger partial charge is 0.0510 e. The first-order valence-electron chi connectivity index (χ1n) is 5.50. The zero-order chi connectivity index (χ0) is 10.7. The third kappa shape index (κ3) is 2.76. The lowest BCUT2D eigenvalue weighted by molar-refractivity contribution is 0.180. The first-order valence-corrected chi connectivity index (χ1v) is 5.50. The molecule has 2 heterocycles. The van der Waals surface area contributed by atoms with Gasteiger partial charge in [-0.15, -0.1) is 0 Å². The monoisotopic (exact) mass is 206 g/mol. The van der Waals surface area contributed by atoms with Crippen molar-refractivity contribution in [2.24, 2.45) is 11.7 Å². The Bertz CT molecular complexity index is 304. The van der Waals surface area contributed by atoms with Crippen LogP contribution in [-0.2, 0) is 11.2 Å². The number of rotatable bonds is 3. The van der Waals surface area contributed by atoms with Gasteiger partial charge in [-0.1, -0.05) is 6.07 Å². The van der Waals surface area contributed by atoms with E-state index in [2.05, 4.69) is 17.1 Å². The van der Waals surface area contributed by atoms with Crippen LogP contribution in [0.5, 0.6) is 0 Å². The predicted molar refractivity (Wildman–Crippen MR) is 59.6 cm³/mol. The van der Waals surface area contributed by atoms with Gasteiger partial charge in [-0.2, -0.15) is 0 Å². The average Bonchev–Trinajstić information content (AvgIpc) is 2.74. The molecular weight excluding hydrogens is 188 g/mol. The number of aryl methyl sites for hydroxylation is 1. The largest absolute Gasteiger partial charge is 0.381 e. The highest BCUT2D eigenvalue weighted by atomic mass is 16.5. The Morgan fingerprint density at radius 1 is 1.60 bits per heavy atom. The molecule has 0 amide bonds. The third-order valence-electron chi connectivity index (χ3n) is 2.99. The van der Waals surface area contributed by atoms with Gasteiger partial charge in [0.1, 0.15) is 0 Å². The summed E-state index contributed by atoms with van der Waals surface area (Å²) in [6.07, 6.45) is 3.84. The molecule has 82 valence electrons. The van der Waals surface area contributed by atoms with Gasteiger partial charge in [-0.05, 0) is 30.9 Å². The van der Waals surface area contributed by atoms with Crippen molar-refractivity contribution in [3.8, 4) is 0 Å². The highest BCUT2D eigenvalue weighted by Crippen LogP contribution is 2.17. The molecule has 1 aromatic rings. The van der Waals surface area contributed by atoms with Crippen molar-refractivity contribution in [1.29, 1.82) is 0 Å². The molecular formula is C12H18N2O. The molecule has 1 aromatic heterocycles. The lowest BCUT2D eigenvalue weighted by Gasteiger charge is -2.16. The van der Waals surface area contributed by atoms with E-state index in [1.165, 1.54) is 5.56 Å². The Morgan fingerprint density at radius 2 is 2.47 bits per heavy atom. The van der Waals surface area contributed by atoms with E-state index in [9.17, 15) is 0 Å². The molecule has 1 aliphatic rings. The lowest BCUT2D eigenvalue weighted by atomic mass is 9.95. The van der Waals surface area contributed by atoms with E-state index in [4.69, 9.17) is 10.5 Å². The minimum absolute atomic E-state index is 0.183. The molecule has 0 aliphatic carbocycles. The summed E-state index contributed by atoms with van der Waals surface area (Å²) in [4.78, 5) is 4.37. The molecule has 3 heteroatoms. The molecule has 1 saturated heterocycles. The van der Waals surface area contributed by atoms with Crippen molar-refractivity contribution in [3.05, 3.63) is 29.6 Å². The number of nitrogens with zero attached hydrogens (tertiary/aromatic N) is 1. The maximum Gasteiger partial charge on any atom is 0.0510 e. The molecule has 15 heavy (non-hydrogen) atoms. The first-order chi connectivity index (χ1) is 7.25. The van der Waals surface area contributed by atoms with Gasteiger partial charge in [0.15, 0.2) is 0 Å². The van der Waals surface area contributed by atoms with Crippen molar-refractivity contribution >= 4 is 0 Å². The van der Waals surface area contributed by atoms with Crippen LogP contribution in [0.4, 0.5) is 0 Å². The summed E-state index contributed by atoms with van der Waals surface area (Å²) in [7, 11) is 0. The summed E-state index contributed by atoms with van der Waals surface area (Å²) in [5, 5.41) is 0. The molecule has 2 unspecified atom stereocenters. The first kappa shape index (κ1) is 10.6. The van der Waals surface area contributed by atoms with Gasteiger partial charge in [0.25, 0.3) is 0 Å². The topological polar surface area (TPSA) is 48.1 Å². The molecule has 1 fully saturated rings. The number of aromatic nitrogens is 1. The summed E-state index contributed by atoms with van der Waals surface area (Å²) >= 11 is 0. The van der Waals surface area contributed by atoms with Crippen LogP contribution in [-0.4, -0.2) is 24.2 Å². The van der Waals surface area contributed by atoms with Gasteiger partial charge in [0.05, 0.1) is 6.61 Å². The Balaban J connectivity index is 1.92. The van der Waals surface area contributed by atoms with Crippen molar-refractivity contribution < 1.29 is 4.74 Å². The fourth-order valence-corrected chi connectivity index (χ4v) is 1.92. The van der Waals surface area contributed by atoms with Gasteiger partial charge in [-0.3, -0.25) is 4.98 Å². The molecule has 0 saturated carbocycles. The maximum atomic E-state index is 6.13. The van der Waals surface area contributed by atoms with E-state index in [0.29, 0.717) is 5.92 Å². The van der Waals surface area contributed by atoms with Crippen LogP contribution in [0.3, 0.4) is 0 Å². The summed E-state index contributed by atoms with van der Waals surface area (Å²) in [6, 6.07) is 4.33. The van der Waals surface area contributed by atoms with Crippen LogP contribution in [0.25, 0.3) is 0 Å². The number of hydrogen-bond donors (Lipinski definition) is 1. The zero-order valence-corrected chi connectivity index (χ0v) is 9.15. The minimum Gasteiger partial charge on any atom is -0.381 e. The summed E-state index contributed by atoms with van der Waals surface area (Å²) in [6.45, 7) is 3.72. The Morgan fingerprint density at radius 3 is 3.07 bits per heavy atom. The molecule has 0 aromatic carbocycles. The summed E-state index contributed by atoms with van der Waals surface area (Å²) in [5.74, 6) is 0.508. The van der Waals surface area contributed by atoms with E-state index >= 15 is 0 Å². The van der Waals surface area contributed by atoms with Crippen molar-refractivity contribution in [2.75, 3.05) is 13.2 Å². The maximum absolute atomic E-state index is 6.13. The van der Waals surface area contributed by atoms with Crippen molar-refractivity contribution in [1.82, 2.24) is 4.98 Å². The van der Waals surface area contributed by atoms with Crippen LogP contribution in [0.1, 0.15) is 17.7 Å². The van der Waals surface area contributed by atoms with Crippen LogP contribution in [0, 0.1) is 12.8 Å². The van der Waals surface area contributed by atoms with Crippen molar-refractivity contribution in [2.45, 2.75) is 25.8 Å². The van der Waals surface area contributed by atoms with Crippen LogP contribution in [0.15, 0.2) is 18.3 Å². The number of pyridine rings is 1. The standard InChI is InChI=1S/C12H18N2O/c1-9-2-3-11(14-7-9)6-12(13)10-4-5-15-8-10/h2-3,7,10,12H,4-6,8,13H2,1H3. The third-order valence-corrected chi connectivity index (χ3v) is 2.99. The molecule has 2 rings (SSSR count). The highest BCUT2D eigenvalue weighted by Gasteiger charge is 2.22. The van der Waals surface area contributed by atoms with Crippen molar-refractivity contribution in [3.63, 3.8) is 0 Å². The quantitative estimate of drug-likeness (QED) is 0.810. The Kier molecular flexibility index (Phi) is 3.34. The number of hydrogen-bond acceptors (Lipinski definition) is 3. The Hall–Kier alpha value is -0.930. The van der Waals surface area contributed by atoms with Gasteiger partial charge < -0.3 is 10.5 Å². The molecule has 0 radical (unpaired) electrons. The molecule has 3 nitrogen and oxygen atoms in total. The van der Waals surface area contributed by atoms with E-state index < -0.39 is 0 Å². The second-order valence-corrected chi connectivity index (χ2v) is 4.32. The normalized spacial score (nSPS) is 22.9. The fourth-order valence-electron chi connectivity index (χ4n) is 1.92.